The lowest BCUT2D eigenvalue weighted by Gasteiger charge is -2.20. The Morgan fingerprint density at radius 1 is 1.00 bits per heavy atom. The molecular formula is C30H28N6OS. The highest BCUT2D eigenvalue weighted by Gasteiger charge is 2.23. The third kappa shape index (κ3) is 4.15. The van der Waals surface area contributed by atoms with Gasteiger partial charge in [-0.05, 0) is 67.8 Å². The highest BCUT2D eigenvalue weighted by atomic mass is 32.1. The quantitative estimate of drug-likeness (QED) is 0.175. The molecule has 7 nitrogen and oxygen atoms in total. The summed E-state index contributed by atoms with van der Waals surface area (Å²) in [6.45, 7) is 2.13. The molecule has 1 aliphatic carbocycles. The van der Waals surface area contributed by atoms with E-state index in [0.29, 0.717) is 5.92 Å². The van der Waals surface area contributed by atoms with Crippen LogP contribution in [0.15, 0.2) is 67.1 Å². The van der Waals surface area contributed by atoms with Crippen molar-refractivity contribution in [3.05, 3.63) is 72.0 Å². The fourth-order valence-corrected chi connectivity index (χ4v) is 6.49. The molecule has 1 atom stereocenters. The van der Waals surface area contributed by atoms with Gasteiger partial charge in [-0.3, -0.25) is 10.1 Å². The van der Waals surface area contributed by atoms with E-state index in [1.54, 1.807) is 17.5 Å². The first-order chi connectivity index (χ1) is 18.6. The largest absolute Gasteiger partial charge is 0.374 e. The van der Waals surface area contributed by atoms with Crippen molar-refractivity contribution in [2.24, 2.45) is 5.92 Å². The highest BCUT2D eigenvalue weighted by Crippen LogP contribution is 2.37. The van der Waals surface area contributed by atoms with Crippen LogP contribution in [0, 0.1) is 12.8 Å². The van der Waals surface area contributed by atoms with Crippen LogP contribution in [0.1, 0.15) is 30.6 Å². The van der Waals surface area contributed by atoms with E-state index in [-0.39, 0.29) is 0 Å². The summed E-state index contributed by atoms with van der Waals surface area (Å²) in [5, 5.41) is 23.8. The van der Waals surface area contributed by atoms with Gasteiger partial charge < -0.3 is 15.4 Å². The normalized spacial score (nSPS) is 15.0. The molecule has 38 heavy (non-hydrogen) atoms. The van der Waals surface area contributed by atoms with Gasteiger partial charge in [-0.2, -0.15) is 5.10 Å². The lowest BCUT2D eigenvalue weighted by molar-refractivity contribution is 0.137. The number of fused-ring (bicyclic) bond motifs is 2. The summed E-state index contributed by atoms with van der Waals surface area (Å²) >= 11 is 1.79. The Morgan fingerprint density at radius 3 is 2.74 bits per heavy atom. The monoisotopic (exact) mass is 520 g/mol. The Hall–Kier alpha value is -4.01. The minimum atomic E-state index is -0.545. The zero-order valence-corrected chi connectivity index (χ0v) is 21.8. The van der Waals surface area contributed by atoms with Crippen molar-refractivity contribution in [1.82, 2.24) is 25.1 Å². The van der Waals surface area contributed by atoms with Gasteiger partial charge in [0.25, 0.3) is 0 Å². The Kier molecular flexibility index (Phi) is 5.71. The van der Waals surface area contributed by atoms with Crippen molar-refractivity contribution in [1.29, 1.82) is 0 Å². The second kappa shape index (κ2) is 9.38. The van der Waals surface area contributed by atoms with Crippen molar-refractivity contribution in [3.63, 3.8) is 0 Å². The third-order valence-corrected chi connectivity index (χ3v) is 8.62. The number of thiophene rings is 1. The number of aliphatic hydroxyl groups excluding tert-OH is 1. The molecule has 0 bridgehead atoms. The van der Waals surface area contributed by atoms with Gasteiger partial charge in [-0.15, -0.1) is 11.3 Å². The number of aryl methyl sites for hydroxylation is 1. The Morgan fingerprint density at radius 2 is 1.89 bits per heavy atom. The molecule has 5 heterocycles. The van der Waals surface area contributed by atoms with Gasteiger partial charge in [0.1, 0.15) is 17.6 Å². The van der Waals surface area contributed by atoms with Crippen LogP contribution in [0.25, 0.3) is 54.9 Å². The Bertz CT molecular complexity index is 1760. The SMILES string of the molecule is Cc1ccc(-c2ccnc3[nH]c(-c4n[nH]c5ccc(-c6cncc(NC(O)C7CCCC7)c6)cc45)cc23)s1. The number of anilines is 1. The van der Waals surface area contributed by atoms with Crippen LogP contribution in [-0.2, 0) is 0 Å². The number of benzene rings is 1. The van der Waals surface area contributed by atoms with Gasteiger partial charge in [0.05, 0.1) is 23.1 Å². The van der Waals surface area contributed by atoms with Crippen molar-refractivity contribution in [3.8, 4) is 33.0 Å². The summed E-state index contributed by atoms with van der Waals surface area (Å²) in [5.41, 5.74) is 7.60. The number of nitrogens with one attached hydrogen (secondary N) is 3. The van der Waals surface area contributed by atoms with E-state index < -0.39 is 6.23 Å². The average Bonchev–Trinajstić information content (AvgIpc) is 3.74. The Labute approximate surface area is 224 Å². The summed E-state index contributed by atoms with van der Waals surface area (Å²) in [6, 6.07) is 16.9. The van der Waals surface area contributed by atoms with E-state index in [2.05, 4.69) is 79.9 Å². The summed E-state index contributed by atoms with van der Waals surface area (Å²) in [7, 11) is 0. The number of aromatic amines is 2. The van der Waals surface area contributed by atoms with E-state index in [0.717, 1.165) is 63.0 Å². The predicted molar refractivity (Wildman–Crippen MR) is 154 cm³/mol. The third-order valence-electron chi connectivity index (χ3n) is 7.59. The van der Waals surface area contributed by atoms with Crippen LogP contribution in [0.5, 0.6) is 0 Å². The molecule has 1 aromatic carbocycles. The molecule has 5 aromatic heterocycles. The summed E-state index contributed by atoms with van der Waals surface area (Å²) in [6.07, 6.45) is 9.45. The molecule has 4 N–H and O–H groups in total. The molecule has 1 fully saturated rings. The fraction of sp³-hybridized carbons (Fsp3) is 0.233. The first kappa shape index (κ1) is 23.1. The number of pyridine rings is 2. The molecule has 8 heteroatoms. The van der Waals surface area contributed by atoms with Crippen LogP contribution in [0.4, 0.5) is 5.69 Å². The van der Waals surface area contributed by atoms with Crippen molar-refractivity contribution >= 4 is 39.0 Å². The molecule has 6 aromatic rings. The molecule has 1 aliphatic rings. The minimum Gasteiger partial charge on any atom is -0.374 e. The predicted octanol–water partition coefficient (Wildman–Crippen LogP) is 7.13. The van der Waals surface area contributed by atoms with Gasteiger partial charge in [-0.1, -0.05) is 18.9 Å². The second-order valence-electron chi connectivity index (χ2n) is 10.1. The molecule has 0 spiro atoms. The fourth-order valence-electron chi connectivity index (χ4n) is 5.59. The number of aliphatic hydroxyl groups is 1. The first-order valence-electron chi connectivity index (χ1n) is 13.1. The highest BCUT2D eigenvalue weighted by molar-refractivity contribution is 7.15. The lowest BCUT2D eigenvalue weighted by atomic mass is 10.0. The average molecular weight is 521 g/mol. The molecule has 0 aliphatic heterocycles. The molecule has 7 rings (SSSR count). The molecular weight excluding hydrogens is 492 g/mol. The van der Waals surface area contributed by atoms with Crippen LogP contribution in [-0.4, -0.2) is 36.5 Å². The van der Waals surface area contributed by atoms with Gasteiger partial charge in [0, 0.05) is 50.0 Å². The lowest BCUT2D eigenvalue weighted by Crippen LogP contribution is -2.26. The van der Waals surface area contributed by atoms with Crippen LogP contribution in [0.3, 0.4) is 0 Å². The number of hydrogen-bond donors (Lipinski definition) is 4. The maximum absolute atomic E-state index is 10.6. The molecule has 0 radical (unpaired) electrons. The van der Waals surface area contributed by atoms with Gasteiger partial charge in [-0.25, -0.2) is 4.98 Å². The Balaban J connectivity index is 1.24. The number of aromatic nitrogens is 5. The van der Waals surface area contributed by atoms with Crippen LogP contribution >= 0.6 is 11.3 Å². The zero-order valence-electron chi connectivity index (χ0n) is 21.0. The maximum atomic E-state index is 10.6. The van der Waals surface area contributed by atoms with Gasteiger partial charge in [0.15, 0.2) is 0 Å². The number of H-pyrrole nitrogens is 2. The number of hydrogen-bond acceptors (Lipinski definition) is 6. The standard InChI is InChI=1S/C30H28N6OS/c1-17-6-9-27(38-17)22-10-11-32-29-23(22)14-26(34-29)28-24-13-19(7-8-25(24)35-36-28)20-12-21(16-31-15-20)33-30(37)18-4-2-3-5-18/h6-16,18,30,33,37H,2-5H2,1H3,(H,32,34)(H,35,36). The molecule has 0 saturated heterocycles. The summed E-state index contributed by atoms with van der Waals surface area (Å²) < 4.78 is 0. The second-order valence-corrected chi connectivity index (χ2v) is 11.4. The number of nitrogens with zero attached hydrogens (tertiary/aromatic N) is 3. The molecule has 1 saturated carbocycles. The van der Waals surface area contributed by atoms with E-state index in [1.807, 2.05) is 18.5 Å². The first-order valence-corrected chi connectivity index (χ1v) is 13.9. The smallest absolute Gasteiger partial charge is 0.138 e. The van der Waals surface area contributed by atoms with Crippen molar-refractivity contribution < 1.29 is 5.11 Å². The summed E-state index contributed by atoms with van der Waals surface area (Å²) in [4.78, 5) is 15.0. The van der Waals surface area contributed by atoms with E-state index in [4.69, 9.17) is 0 Å². The van der Waals surface area contributed by atoms with Gasteiger partial charge in [0.2, 0.25) is 0 Å². The van der Waals surface area contributed by atoms with Crippen molar-refractivity contribution in [2.75, 3.05) is 5.32 Å². The van der Waals surface area contributed by atoms with Gasteiger partial charge >= 0.3 is 0 Å². The summed E-state index contributed by atoms with van der Waals surface area (Å²) in [5.74, 6) is 0.304. The number of rotatable bonds is 6. The van der Waals surface area contributed by atoms with E-state index in [1.165, 1.54) is 28.2 Å². The van der Waals surface area contributed by atoms with Crippen LogP contribution < -0.4 is 5.32 Å². The molecule has 0 amide bonds. The maximum Gasteiger partial charge on any atom is 0.138 e. The molecule has 190 valence electrons. The zero-order chi connectivity index (χ0) is 25.6. The molecule has 1 unspecified atom stereocenters. The van der Waals surface area contributed by atoms with Crippen molar-refractivity contribution in [2.45, 2.75) is 38.8 Å². The van der Waals surface area contributed by atoms with E-state index in [9.17, 15) is 5.11 Å². The minimum absolute atomic E-state index is 0.304. The topological polar surface area (TPSA) is 103 Å². The van der Waals surface area contributed by atoms with Crippen LogP contribution in [0.2, 0.25) is 0 Å². The van der Waals surface area contributed by atoms with E-state index >= 15 is 0 Å².